The van der Waals surface area contributed by atoms with Gasteiger partial charge in [-0.1, -0.05) is 68.4 Å². The molecule has 1 amide bonds. The normalized spacial score (nSPS) is 19.7. The van der Waals surface area contributed by atoms with Crippen molar-refractivity contribution in [2.45, 2.75) is 38.8 Å². The van der Waals surface area contributed by atoms with Gasteiger partial charge < -0.3 is 4.90 Å². The van der Waals surface area contributed by atoms with Gasteiger partial charge in [-0.05, 0) is 29.5 Å². The monoisotopic (exact) mass is 418 g/mol. The third kappa shape index (κ3) is 5.22. The van der Waals surface area contributed by atoms with Crippen LogP contribution >= 0.6 is 0 Å². The number of hydrogen-bond donors (Lipinski definition) is 1. The maximum Gasteiger partial charge on any atom is 0.241 e. The third-order valence-electron chi connectivity index (χ3n) is 5.28. The van der Waals surface area contributed by atoms with E-state index in [0.717, 1.165) is 16.7 Å². The number of rotatable bonds is 7. The summed E-state index contributed by atoms with van der Waals surface area (Å²) in [5.41, 5.74) is 3.15. The molecule has 1 heterocycles. The van der Waals surface area contributed by atoms with Crippen molar-refractivity contribution < 1.29 is 17.6 Å². The van der Waals surface area contributed by atoms with Crippen LogP contribution in [0.5, 0.6) is 0 Å². The Morgan fingerprint density at radius 3 is 2.48 bits per heavy atom. The minimum absolute atomic E-state index is 0.0174. The zero-order chi connectivity index (χ0) is 21.0. The summed E-state index contributed by atoms with van der Waals surface area (Å²) in [6.45, 7) is 4.11. The number of alkyl halides is 1. The summed E-state index contributed by atoms with van der Waals surface area (Å²) < 4.78 is 38.9. The molecule has 0 aliphatic carbocycles. The van der Waals surface area contributed by atoms with E-state index < -0.39 is 22.1 Å². The van der Waals surface area contributed by atoms with E-state index in [9.17, 15) is 17.6 Å². The molecule has 0 saturated carbocycles. The van der Waals surface area contributed by atoms with Gasteiger partial charge in [0.25, 0.3) is 0 Å². The van der Waals surface area contributed by atoms with Crippen molar-refractivity contribution in [3.8, 4) is 11.1 Å². The first-order valence-electron chi connectivity index (χ1n) is 9.81. The van der Waals surface area contributed by atoms with E-state index in [1.165, 1.54) is 0 Å². The van der Waals surface area contributed by atoms with Gasteiger partial charge in [-0.2, -0.15) is 0 Å². The molecule has 1 saturated heterocycles. The molecule has 2 aromatic carbocycles. The molecule has 5 nitrogen and oxygen atoms in total. The van der Waals surface area contributed by atoms with Crippen molar-refractivity contribution in [2.75, 3.05) is 12.6 Å². The zero-order valence-electron chi connectivity index (χ0n) is 16.7. The first-order chi connectivity index (χ1) is 13.8. The Hall–Kier alpha value is -2.25. The van der Waals surface area contributed by atoms with E-state index in [1.54, 1.807) is 4.90 Å². The SMILES string of the molecule is CC(C)C(=O)N1CCC(NS(=O)(=O)CF)C1Cc1cccc(-c2ccccc2)c1. The van der Waals surface area contributed by atoms with Gasteiger partial charge >= 0.3 is 0 Å². The van der Waals surface area contributed by atoms with E-state index in [2.05, 4.69) is 10.8 Å². The van der Waals surface area contributed by atoms with Gasteiger partial charge in [0.2, 0.25) is 21.9 Å². The Bertz CT molecular complexity index is 948. The number of hydrogen-bond acceptors (Lipinski definition) is 3. The number of likely N-dealkylation sites (tertiary alicyclic amines) is 1. The lowest BCUT2D eigenvalue weighted by molar-refractivity contribution is -0.135. The first-order valence-corrected chi connectivity index (χ1v) is 11.5. The quantitative estimate of drug-likeness (QED) is 0.750. The Balaban J connectivity index is 1.88. The van der Waals surface area contributed by atoms with Gasteiger partial charge in [-0.3, -0.25) is 4.79 Å². The average Bonchev–Trinajstić information content (AvgIpc) is 3.09. The van der Waals surface area contributed by atoms with Gasteiger partial charge in [0, 0.05) is 18.5 Å². The summed E-state index contributed by atoms with van der Waals surface area (Å²) in [5.74, 6) is -0.208. The molecule has 156 valence electrons. The minimum Gasteiger partial charge on any atom is -0.337 e. The number of amides is 1. The third-order valence-corrected chi connectivity index (χ3v) is 6.23. The molecule has 0 aromatic heterocycles. The van der Waals surface area contributed by atoms with Crippen molar-refractivity contribution in [3.63, 3.8) is 0 Å². The first kappa shape index (κ1) is 21.5. The van der Waals surface area contributed by atoms with Gasteiger partial charge in [0.1, 0.15) is 0 Å². The molecule has 0 spiro atoms. The van der Waals surface area contributed by atoms with Crippen LogP contribution in [0.15, 0.2) is 54.6 Å². The van der Waals surface area contributed by atoms with Crippen LogP contribution in [0.25, 0.3) is 11.1 Å². The molecule has 3 rings (SSSR count). The predicted molar refractivity (Wildman–Crippen MR) is 112 cm³/mol. The van der Waals surface area contributed by atoms with Crippen LogP contribution in [0.4, 0.5) is 4.39 Å². The van der Waals surface area contributed by atoms with E-state index in [4.69, 9.17) is 0 Å². The van der Waals surface area contributed by atoms with Gasteiger partial charge in [-0.25, -0.2) is 17.5 Å². The maximum atomic E-state index is 12.9. The minimum atomic E-state index is -4.00. The summed E-state index contributed by atoms with van der Waals surface area (Å²) in [7, 11) is -4.00. The number of nitrogens with one attached hydrogen (secondary N) is 1. The Morgan fingerprint density at radius 2 is 1.83 bits per heavy atom. The second-order valence-electron chi connectivity index (χ2n) is 7.76. The zero-order valence-corrected chi connectivity index (χ0v) is 17.5. The largest absolute Gasteiger partial charge is 0.337 e. The number of carbonyl (C=O) groups excluding carboxylic acids is 1. The molecule has 1 aliphatic rings. The predicted octanol–water partition coefficient (Wildman–Crippen LogP) is 3.37. The van der Waals surface area contributed by atoms with E-state index >= 15 is 0 Å². The fraction of sp³-hybridized carbons (Fsp3) is 0.409. The van der Waals surface area contributed by atoms with Crippen LogP contribution in [0, 0.1) is 5.92 Å². The number of sulfonamides is 1. The Morgan fingerprint density at radius 1 is 1.14 bits per heavy atom. The van der Waals surface area contributed by atoms with Crippen molar-refractivity contribution in [1.82, 2.24) is 9.62 Å². The van der Waals surface area contributed by atoms with Crippen LogP contribution in [0.2, 0.25) is 0 Å². The van der Waals surface area contributed by atoms with Gasteiger partial charge in [0.15, 0.2) is 0 Å². The summed E-state index contributed by atoms with van der Waals surface area (Å²) in [6, 6.07) is 15.7. The highest BCUT2D eigenvalue weighted by atomic mass is 32.2. The fourth-order valence-corrected chi connectivity index (χ4v) is 4.66. The highest BCUT2D eigenvalue weighted by molar-refractivity contribution is 7.89. The average molecular weight is 419 g/mol. The van der Waals surface area contributed by atoms with E-state index in [0.29, 0.717) is 19.4 Å². The molecule has 1 fully saturated rings. The van der Waals surface area contributed by atoms with Crippen molar-refractivity contribution in [3.05, 3.63) is 60.2 Å². The molecular weight excluding hydrogens is 391 g/mol. The molecule has 2 aromatic rings. The fourth-order valence-electron chi connectivity index (χ4n) is 3.86. The number of halogens is 1. The lowest BCUT2D eigenvalue weighted by Gasteiger charge is -2.30. The molecule has 2 atom stereocenters. The molecule has 2 unspecified atom stereocenters. The van der Waals surface area contributed by atoms with Crippen LogP contribution in [0.1, 0.15) is 25.8 Å². The summed E-state index contributed by atoms with van der Waals surface area (Å²) in [4.78, 5) is 14.4. The highest BCUT2D eigenvalue weighted by Crippen LogP contribution is 2.27. The second kappa shape index (κ2) is 9.05. The molecule has 1 N–H and O–H groups in total. The molecular formula is C22H27FN2O3S. The summed E-state index contributed by atoms with van der Waals surface area (Å²) in [6.07, 6.45) is 0.972. The summed E-state index contributed by atoms with van der Waals surface area (Å²) >= 11 is 0. The van der Waals surface area contributed by atoms with Crippen molar-refractivity contribution in [2.24, 2.45) is 5.92 Å². The van der Waals surface area contributed by atoms with Crippen LogP contribution in [-0.2, 0) is 21.2 Å². The molecule has 7 heteroatoms. The summed E-state index contributed by atoms with van der Waals surface area (Å²) in [5, 5.41) is 0. The molecule has 1 aliphatic heterocycles. The van der Waals surface area contributed by atoms with Gasteiger partial charge in [0.05, 0.1) is 6.04 Å². The van der Waals surface area contributed by atoms with Crippen molar-refractivity contribution >= 4 is 15.9 Å². The molecule has 0 radical (unpaired) electrons. The standard InChI is InChI=1S/C22H27FN2O3S/c1-16(2)22(26)25-12-11-20(24-29(27,28)15-23)21(25)14-17-7-6-10-19(13-17)18-8-4-3-5-9-18/h3-10,13,16,20-21,24H,11-12,14-15H2,1-2H3. The lowest BCUT2D eigenvalue weighted by Crippen LogP contribution is -2.49. The van der Waals surface area contributed by atoms with E-state index in [1.807, 2.05) is 62.4 Å². The molecule has 29 heavy (non-hydrogen) atoms. The van der Waals surface area contributed by atoms with Crippen molar-refractivity contribution in [1.29, 1.82) is 0 Å². The highest BCUT2D eigenvalue weighted by Gasteiger charge is 2.39. The number of nitrogens with zero attached hydrogens (tertiary/aromatic N) is 1. The Labute approximate surface area is 172 Å². The number of carbonyl (C=O) groups is 1. The maximum absolute atomic E-state index is 12.9. The van der Waals surface area contributed by atoms with Crippen LogP contribution in [0.3, 0.4) is 0 Å². The van der Waals surface area contributed by atoms with E-state index in [-0.39, 0.29) is 17.9 Å². The van der Waals surface area contributed by atoms with Crippen LogP contribution in [-0.4, -0.2) is 43.9 Å². The smallest absolute Gasteiger partial charge is 0.241 e. The Kier molecular flexibility index (Phi) is 6.70. The topological polar surface area (TPSA) is 66.5 Å². The van der Waals surface area contributed by atoms with Crippen LogP contribution < -0.4 is 4.72 Å². The lowest BCUT2D eigenvalue weighted by atomic mass is 9.96. The molecule has 0 bridgehead atoms. The van der Waals surface area contributed by atoms with Gasteiger partial charge in [-0.15, -0.1) is 0 Å². The number of benzene rings is 2. The second-order valence-corrected chi connectivity index (χ2v) is 9.44.